The third-order valence-electron chi connectivity index (χ3n) is 4.48. The summed E-state index contributed by atoms with van der Waals surface area (Å²) in [6.07, 6.45) is -3.11. The van der Waals surface area contributed by atoms with Gasteiger partial charge in [0.15, 0.2) is 0 Å². The van der Waals surface area contributed by atoms with E-state index >= 15 is 0 Å². The molecule has 1 aromatic heterocycles. The number of anilines is 2. The molecular weight excluding hydrogens is 359 g/mol. The Morgan fingerprint density at radius 1 is 1.11 bits per heavy atom. The van der Waals surface area contributed by atoms with Crippen molar-refractivity contribution in [3.05, 3.63) is 47.9 Å². The fourth-order valence-electron chi connectivity index (χ4n) is 2.86. The van der Waals surface area contributed by atoms with Crippen molar-refractivity contribution in [2.75, 3.05) is 38.0 Å². The van der Waals surface area contributed by atoms with Crippen LogP contribution < -0.4 is 5.32 Å². The van der Waals surface area contributed by atoms with Gasteiger partial charge >= 0.3 is 6.18 Å². The van der Waals surface area contributed by atoms with Crippen LogP contribution in [-0.4, -0.2) is 58.4 Å². The van der Waals surface area contributed by atoms with E-state index in [0.29, 0.717) is 24.6 Å². The summed E-state index contributed by atoms with van der Waals surface area (Å²) in [5, 5.41) is 2.90. The van der Waals surface area contributed by atoms with Gasteiger partial charge in [-0.3, -0.25) is 4.79 Å². The monoisotopic (exact) mass is 379 g/mol. The van der Waals surface area contributed by atoms with E-state index in [1.165, 1.54) is 24.5 Å². The highest BCUT2D eigenvalue weighted by molar-refractivity contribution is 5.93. The van der Waals surface area contributed by atoms with E-state index in [-0.39, 0.29) is 11.6 Å². The van der Waals surface area contributed by atoms with E-state index in [0.717, 1.165) is 31.8 Å². The summed E-state index contributed by atoms with van der Waals surface area (Å²) in [6, 6.07) is 6.12. The van der Waals surface area contributed by atoms with Gasteiger partial charge in [0.1, 0.15) is 17.8 Å². The van der Waals surface area contributed by atoms with Crippen molar-refractivity contribution in [1.82, 2.24) is 19.8 Å². The fourth-order valence-corrected chi connectivity index (χ4v) is 2.86. The Balaban J connectivity index is 1.67. The van der Waals surface area contributed by atoms with E-state index < -0.39 is 11.7 Å². The number of hydrogen-bond acceptors (Lipinski definition) is 5. The summed E-state index contributed by atoms with van der Waals surface area (Å²) in [6.45, 7) is 5.96. The van der Waals surface area contributed by atoms with Crippen LogP contribution >= 0.6 is 0 Å². The van der Waals surface area contributed by atoms with Crippen molar-refractivity contribution in [3.63, 3.8) is 0 Å². The molecule has 1 saturated heterocycles. The number of nitrogens with zero attached hydrogens (tertiary/aromatic N) is 4. The third-order valence-corrected chi connectivity index (χ3v) is 4.48. The van der Waals surface area contributed by atoms with Gasteiger partial charge in [-0.15, -0.1) is 0 Å². The molecule has 1 aliphatic rings. The maximum absolute atomic E-state index is 12.6. The van der Waals surface area contributed by atoms with Crippen LogP contribution in [-0.2, 0) is 6.18 Å². The van der Waals surface area contributed by atoms with Crippen LogP contribution in [0.15, 0.2) is 36.7 Å². The van der Waals surface area contributed by atoms with Gasteiger partial charge in [-0.2, -0.15) is 13.2 Å². The Labute approximate surface area is 155 Å². The molecule has 1 aliphatic heterocycles. The standard InChI is InChI=1S/C18H20F3N5O/c1-2-25-7-9-26(10-8-25)17(27)15-11-16(23-12-22-15)24-14-5-3-13(4-6-14)18(19,20)21/h3-6,11-12H,2,7-10H2,1H3,(H,22,23,24). The maximum Gasteiger partial charge on any atom is 0.416 e. The Morgan fingerprint density at radius 3 is 2.37 bits per heavy atom. The number of piperazine rings is 1. The lowest BCUT2D eigenvalue weighted by Crippen LogP contribution is -2.48. The summed E-state index contributed by atoms with van der Waals surface area (Å²) in [7, 11) is 0. The van der Waals surface area contributed by atoms with Gasteiger partial charge in [0, 0.05) is 37.9 Å². The Morgan fingerprint density at radius 2 is 1.78 bits per heavy atom. The van der Waals surface area contributed by atoms with Crippen molar-refractivity contribution in [2.45, 2.75) is 13.1 Å². The summed E-state index contributed by atoms with van der Waals surface area (Å²) in [4.78, 5) is 24.7. The van der Waals surface area contributed by atoms with Gasteiger partial charge in [-0.05, 0) is 30.8 Å². The first-order valence-corrected chi connectivity index (χ1v) is 8.65. The number of amides is 1. The predicted octanol–water partition coefficient (Wildman–Crippen LogP) is 3.02. The van der Waals surface area contributed by atoms with Crippen molar-refractivity contribution in [2.24, 2.45) is 0 Å². The number of benzene rings is 1. The van der Waals surface area contributed by atoms with Crippen molar-refractivity contribution < 1.29 is 18.0 Å². The van der Waals surface area contributed by atoms with Crippen molar-refractivity contribution in [3.8, 4) is 0 Å². The second-order valence-corrected chi connectivity index (χ2v) is 6.22. The van der Waals surface area contributed by atoms with Gasteiger partial charge in [-0.1, -0.05) is 6.92 Å². The van der Waals surface area contributed by atoms with Gasteiger partial charge in [0.25, 0.3) is 5.91 Å². The fraction of sp³-hybridized carbons (Fsp3) is 0.389. The molecule has 1 aromatic carbocycles. The molecule has 0 atom stereocenters. The average Bonchev–Trinajstić information content (AvgIpc) is 2.67. The molecule has 0 aliphatic carbocycles. The number of aromatic nitrogens is 2. The van der Waals surface area contributed by atoms with E-state index in [9.17, 15) is 18.0 Å². The number of carbonyl (C=O) groups excluding carboxylic acids is 1. The predicted molar refractivity (Wildman–Crippen MR) is 94.8 cm³/mol. The quantitative estimate of drug-likeness (QED) is 0.885. The van der Waals surface area contributed by atoms with Crippen LogP contribution in [0.5, 0.6) is 0 Å². The molecule has 6 nitrogen and oxygen atoms in total. The lowest BCUT2D eigenvalue weighted by molar-refractivity contribution is -0.137. The summed E-state index contributed by atoms with van der Waals surface area (Å²) in [5.41, 5.74) is -0.0288. The highest BCUT2D eigenvalue weighted by Crippen LogP contribution is 2.30. The molecule has 0 radical (unpaired) electrons. The molecule has 2 aromatic rings. The zero-order valence-electron chi connectivity index (χ0n) is 14.8. The van der Waals surface area contributed by atoms with E-state index in [4.69, 9.17) is 0 Å². The van der Waals surface area contributed by atoms with Crippen LogP contribution in [0.25, 0.3) is 0 Å². The minimum Gasteiger partial charge on any atom is -0.340 e. The number of likely N-dealkylation sites (N-methyl/N-ethyl adjacent to an activating group) is 1. The molecule has 1 amide bonds. The summed E-state index contributed by atoms with van der Waals surface area (Å²) < 4.78 is 37.9. The van der Waals surface area contributed by atoms with Gasteiger partial charge in [0.05, 0.1) is 5.56 Å². The van der Waals surface area contributed by atoms with E-state index in [1.807, 2.05) is 0 Å². The zero-order valence-corrected chi connectivity index (χ0v) is 14.8. The molecule has 0 bridgehead atoms. The summed E-state index contributed by atoms with van der Waals surface area (Å²) >= 11 is 0. The molecule has 1 N–H and O–H groups in total. The van der Waals surface area contributed by atoms with Crippen molar-refractivity contribution >= 4 is 17.4 Å². The Kier molecular flexibility index (Phi) is 5.59. The number of halogens is 3. The molecule has 9 heteroatoms. The SMILES string of the molecule is CCN1CCN(C(=O)c2cc(Nc3ccc(C(F)(F)F)cc3)ncn2)CC1. The zero-order chi connectivity index (χ0) is 19.4. The minimum atomic E-state index is -4.38. The molecule has 2 heterocycles. The van der Waals surface area contributed by atoms with Crippen LogP contribution in [0.4, 0.5) is 24.7 Å². The Hall–Kier alpha value is -2.68. The largest absolute Gasteiger partial charge is 0.416 e. The van der Waals surface area contributed by atoms with Crippen LogP contribution in [0.1, 0.15) is 23.0 Å². The molecular formula is C18H20F3N5O. The van der Waals surface area contributed by atoms with Crippen molar-refractivity contribution in [1.29, 1.82) is 0 Å². The normalized spacial score (nSPS) is 15.6. The minimum absolute atomic E-state index is 0.177. The first kappa shape index (κ1) is 19.1. The third kappa shape index (κ3) is 4.73. The van der Waals surface area contributed by atoms with Gasteiger partial charge in [-0.25, -0.2) is 9.97 Å². The molecule has 0 unspecified atom stereocenters. The first-order valence-electron chi connectivity index (χ1n) is 8.65. The second kappa shape index (κ2) is 7.91. The molecule has 0 spiro atoms. The van der Waals surface area contributed by atoms with E-state index in [2.05, 4.69) is 27.1 Å². The van der Waals surface area contributed by atoms with Crippen LogP contribution in [0.2, 0.25) is 0 Å². The molecule has 3 rings (SSSR count). The summed E-state index contributed by atoms with van der Waals surface area (Å²) in [5.74, 6) is 0.170. The molecule has 144 valence electrons. The maximum atomic E-state index is 12.6. The second-order valence-electron chi connectivity index (χ2n) is 6.22. The van der Waals surface area contributed by atoms with Crippen LogP contribution in [0, 0.1) is 0 Å². The van der Waals surface area contributed by atoms with Gasteiger partial charge in [0.2, 0.25) is 0 Å². The number of rotatable bonds is 4. The Bertz CT molecular complexity index is 786. The van der Waals surface area contributed by atoms with Crippen LogP contribution in [0.3, 0.4) is 0 Å². The lowest BCUT2D eigenvalue weighted by Gasteiger charge is -2.33. The average molecular weight is 379 g/mol. The number of nitrogens with one attached hydrogen (secondary N) is 1. The molecule has 1 fully saturated rings. The highest BCUT2D eigenvalue weighted by Gasteiger charge is 2.30. The van der Waals surface area contributed by atoms with Gasteiger partial charge < -0.3 is 15.1 Å². The molecule has 0 saturated carbocycles. The lowest BCUT2D eigenvalue weighted by atomic mass is 10.2. The first-order chi connectivity index (χ1) is 12.9. The number of alkyl halides is 3. The number of carbonyl (C=O) groups is 1. The molecule has 27 heavy (non-hydrogen) atoms. The highest BCUT2D eigenvalue weighted by atomic mass is 19.4. The van der Waals surface area contributed by atoms with E-state index in [1.54, 1.807) is 4.90 Å². The smallest absolute Gasteiger partial charge is 0.340 e. The topological polar surface area (TPSA) is 61.4 Å². The number of hydrogen-bond donors (Lipinski definition) is 1.